The molecule has 146 valence electrons. The molecule has 28 heavy (non-hydrogen) atoms. The predicted octanol–water partition coefficient (Wildman–Crippen LogP) is 4.93. The van der Waals surface area contributed by atoms with Crippen LogP contribution in [0.5, 0.6) is 0 Å². The van der Waals surface area contributed by atoms with Gasteiger partial charge < -0.3 is 9.30 Å². The van der Waals surface area contributed by atoms with E-state index >= 15 is 0 Å². The second-order valence-corrected chi connectivity index (χ2v) is 8.07. The van der Waals surface area contributed by atoms with E-state index in [0.717, 1.165) is 21.3 Å². The van der Waals surface area contributed by atoms with Gasteiger partial charge in [0.2, 0.25) is 0 Å². The molecule has 0 aliphatic heterocycles. The average Bonchev–Trinajstić information content (AvgIpc) is 2.93. The Hall–Kier alpha value is -2.15. The van der Waals surface area contributed by atoms with Crippen molar-refractivity contribution in [2.75, 3.05) is 6.61 Å². The van der Waals surface area contributed by atoms with E-state index in [1.54, 1.807) is 17.6 Å². The zero-order chi connectivity index (χ0) is 20.4. The molecule has 1 aromatic heterocycles. The third kappa shape index (κ3) is 4.29. The monoisotopic (exact) mass is 436 g/mol. The SMILES string of the molecule is CCOC(=O)Cn1c(=NC(=O)c2ccc(Cl)cc2Cl)sc2c(C)cc(C)cc21. The molecule has 2 aromatic carbocycles. The van der Waals surface area contributed by atoms with Gasteiger partial charge in [-0.25, -0.2) is 0 Å². The number of aromatic nitrogens is 1. The molecule has 0 N–H and O–H groups in total. The van der Waals surface area contributed by atoms with Crippen LogP contribution in [0.2, 0.25) is 10.0 Å². The summed E-state index contributed by atoms with van der Waals surface area (Å²) >= 11 is 13.4. The van der Waals surface area contributed by atoms with Crippen LogP contribution in [0.1, 0.15) is 28.4 Å². The number of thiazole rings is 1. The van der Waals surface area contributed by atoms with Crippen molar-refractivity contribution in [3.63, 3.8) is 0 Å². The molecule has 0 saturated carbocycles. The quantitative estimate of drug-likeness (QED) is 0.544. The van der Waals surface area contributed by atoms with Crippen LogP contribution in [0.25, 0.3) is 10.2 Å². The van der Waals surface area contributed by atoms with Gasteiger partial charge in [0, 0.05) is 5.02 Å². The smallest absolute Gasteiger partial charge is 0.326 e. The van der Waals surface area contributed by atoms with Gasteiger partial charge >= 0.3 is 5.97 Å². The Morgan fingerprint density at radius 1 is 1.18 bits per heavy atom. The number of carbonyl (C=O) groups is 2. The van der Waals surface area contributed by atoms with Crippen molar-refractivity contribution in [1.29, 1.82) is 0 Å². The van der Waals surface area contributed by atoms with Gasteiger partial charge in [-0.1, -0.05) is 40.6 Å². The van der Waals surface area contributed by atoms with Gasteiger partial charge in [0.15, 0.2) is 4.80 Å². The van der Waals surface area contributed by atoms with E-state index in [9.17, 15) is 9.59 Å². The lowest BCUT2D eigenvalue weighted by Crippen LogP contribution is -2.23. The summed E-state index contributed by atoms with van der Waals surface area (Å²) in [4.78, 5) is 29.5. The molecular formula is C20H18Cl2N2O3S. The number of ether oxygens (including phenoxy) is 1. The first-order chi connectivity index (χ1) is 13.3. The van der Waals surface area contributed by atoms with Crippen LogP contribution in [0.4, 0.5) is 0 Å². The van der Waals surface area contributed by atoms with Crippen LogP contribution in [-0.2, 0) is 16.1 Å². The van der Waals surface area contributed by atoms with Gasteiger partial charge in [0.1, 0.15) is 6.54 Å². The molecule has 0 aliphatic carbocycles. The molecular weight excluding hydrogens is 419 g/mol. The first-order valence-corrected chi connectivity index (χ1v) is 10.2. The number of amides is 1. The highest BCUT2D eigenvalue weighted by Gasteiger charge is 2.16. The molecule has 8 heteroatoms. The van der Waals surface area contributed by atoms with Crippen LogP contribution in [0.15, 0.2) is 35.3 Å². The highest BCUT2D eigenvalue weighted by molar-refractivity contribution is 7.16. The molecule has 0 radical (unpaired) electrons. The maximum absolute atomic E-state index is 12.7. The van der Waals surface area contributed by atoms with Crippen LogP contribution >= 0.6 is 34.5 Å². The molecule has 1 heterocycles. The van der Waals surface area contributed by atoms with Gasteiger partial charge in [-0.05, 0) is 56.2 Å². The molecule has 0 bridgehead atoms. The molecule has 3 rings (SSSR count). The molecule has 0 fully saturated rings. The number of rotatable bonds is 4. The summed E-state index contributed by atoms with van der Waals surface area (Å²) in [5, 5.41) is 0.665. The molecule has 0 unspecified atom stereocenters. The first kappa shape index (κ1) is 20.6. The minimum Gasteiger partial charge on any atom is -0.465 e. The predicted molar refractivity (Wildman–Crippen MR) is 112 cm³/mol. The van der Waals surface area contributed by atoms with E-state index in [2.05, 4.69) is 11.1 Å². The van der Waals surface area contributed by atoms with Crippen molar-refractivity contribution in [2.24, 2.45) is 4.99 Å². The summed E-state index contributed by atoms with van der Waals surface area (Å²) in [6.07, 6.45) is 0. The minimum atomic E-state index is -0.500. The van der Waals surface area contributed by atoms with Crippen molar-refractivity contribution in [3.05, 3.63) is 61.9 Å². The van der Waals surface area contributed by atoms with Crippen LogP contribution < -0.4 is 4.80 Å². The van der Waals surface area contributed by atoms with E-state index in [-0.39, 0.29) is 29.7 Å². The topological polar surface area (TPSA) is 60.7 Å². The third-order valence-corrected chi connectivity index (χ3v) is 5.84. The third-order valence-electron chi connectivity index (χ3n) is 4.07. The molecule has 0 aliphatic rings. The average molecular weight is 437 g/mol. The summed E-state index contributed by atoms with van der Waals surface area (Å²) < 4.78 is 7.75. The number of halogens is 2. The second-order valence-electron chi connectivity index (χ2n) is 6.25. The van der Waals surface area contributed by atoms with Gasteiger partial charge in [0.25, 0.3) is 5.91 Å². The molecule has 0 spiro atoms. The van der Waals surface area contributed by atoms with E-state index in [4.69, 9.17) is 27.9 Å². The maximum atomic E-state index is 12.7. The van der Waals surface area contributed by atoms with Crippen LogP contribution in [-0.4, -0.2) is 23.1 Å². The lowest BCUT2D eigenvalue weighted by Gasteiger charge is -2.06. The Labute approximate surface area is 176 Å². The Bertz CT molecular complexity index is 1150. The Morgan fingerprint density at radius 3 is 2.61 bits per heavy atom. The molecule has 5 nitrogen and oxygen atoms in total. The fourth-order valence-corrected chi connectivity index (χ4v) is 4.46. The lowest BCUT2D eigenvalue weighted by molar-refractivity contribution is -0.143. The number of hydrogen-bond donors (Lipinski definition) is 0. The number of hydrogen-bond acceptors (Lipinski definition) is 4. The lowest BCUT2D eigenvalue weighted by atomic mass is 10.1. The fourth-order valence-electron chi connectivity index (χ4n) is 2.90. The van der Waals surface area contributed by atoms with Crippen molar-refractivity contribution in [2.45, 2.75) is 27.3 Å². The highest BCUT2D eigenvalue weighted by atomic mass is 35.5. The zero-order valence-electron chi connectivity index (χ0n) is 15.6. The number of fused-ring (bicyclic) bond motifs is 1. The van der Waals surface area contributed by atoms with Crippen molar-refractivity contribution >= 4 is 56.6 Å². The number of nitrogens with zero attached hydrogens (tertiary/aromatic N) is 2. The van der Waals surface area contributed by atoms with Gasteiger partial charge in [-0.2, -0.15) is 4.99 Å². The summed E-state index contributed by atoms with van der Waals surface area (Å²) in [5.74, 6) is -0.889. The summed E-state index contributed by atoms with van der Waals surface area (Å²) in [5.41, 5.74) is 3.19. The highest BCUT2D eigenvalue weighted by Crippen LogP contribution is 2.25. The Balaban J connectivity index is 2.18. The summed E-state index contributed by atoms with van der Waals surface area (Å²) in [6, 6.07) is 8.64. The normalized spacial score (nSPS) is 11.8. The number of benzene rings is 2. The van der Waals surface area contributed by atoms with Crippen molar-refractivity contribution < 1.29 is 14.3 Å². The molecule has 0 saturated heterocycles. The summed E-state index contributed by atoms with van der Waals surface area (Å²) in [6.45, 7) is 5.97. The van der Waals surface area contributed by atoms with E-state index in [1.165, 1.54) is 23.5 Å². The fraction of sp³-hybridized carbons (Fsp3) is 0.250. The number of carbonyl (C=O) groups excluding carboxylic acids is 2. The molecule has 3 aromatic rings. The van der Waals surface area contributed by atoms with Crippen molar-refractivity contribution in [3.8, 4) is 0 Å². The molecule has 1 amide bonds. The number of aryl methyl sites for hydroxylation is 2. The largest absolute Gasteiger partial charge is 0.465 e. The van der Waals surface area contributed by atoms with Crippen LogP contribution in [0.3, 0.4) is 0 Å². The van der Waals surface area contributed by atoms with E-state index < -0.39 is 5.91 Å². The van der Waals surface area contributed by atoms with Gasteiger partial charge in [-0.15, -0.1) is 0 Å². The number of esters is 1. The minimum absolute atomic E-state index is 0.0306. The Morgan fingerprint density at radius 2 is 1.93 bits per heavy atom. The van der Waals surface area contributed by atoms with Crippen molar-refractivity contribution in [1.82, 2.24) is 4.57 Å². The standard InChI is InChI=1S/C20H18Cl2N2O3S/c1-4-27-17(25)10-24-16-8-11(2)7-12(3)18(16)28-20(24)23-19(26)14-6-5-13(21)9-15(14)22/h5-9H,4,10H2,1-3H3. The Kier molecular flexibility index (Phi) is 6.23. The second kappa shape index (κ2) is 8.47. The van der Waals surface area contributed by atoms with E-state index in [0.29, 0.717) is 9.82 Å². The first-order valence-electron chi connectivity index (χ1n) is 8.60. The molecule has 0 atom stereocenters. The van der Waals surface area contributed by atoms with Gasteiger partial charge in [-0.3, -0.25) is 9.59 Å². The maximum Gasteiger partial charge on any atom is 0.326 e. The summed E-state index contributed by atoms with van der Waals surface area (Å²) in [7, 11) is 0. The van der Waals surface area contributed by atoms with E-state index in [1.807, 2.05) is 19.9 Å². The zero-order valence-corrected chi connectivity index (χ0v) is 17.9. The van der Waals surface area contributed by atoms with Crippen LogP contribution in [0, 0.1) is 13.8 Å². The van der Waals surface area contributed by atoms with Gasteiger partial charge in [0.05, 0.1) is 27.4 Å².